The number of aromatic nitrogens is 2. The smallest absolute Gasteiger partial charge is 0.0789 e. The van der Waals surface area contributed by atoms with Crippen LogP contribution in [0, 0.1) is 0 Å². The number of rotatable bonds is 2. The normalized spacial score (nSPS) is 10.3. The van der Waals surface area contributed by atoms with Gasteiger partial charge in [-0.2, -0.15) is 5.10 Å². The molecule has 0 aliphatic rings. The Labute approximate surface area is 67.8 Å². The van der Waals surface area contributed by atoms with Gasteiger partial charge < -0.3 is 5.11 Å². The van der Waals surface area contributed by atoms with Gasteiger partial charge in [-0.1, -0.05) is 0 Å². The molecule has 1 rings (SSSR count). The Morgan fingerprint density at radius 2 is 2.50 bits per heavy atom. The highest BCUT2D eigenvalue weighted by atomic mass is 79.9. The molecular formula is C6H9BrN2O. The number of hydrogen-bond donors (Lipinski definition) is 1. The summed E-state index contributed by atoms with van der Waals surface area (Å²) in [5.74, 6) is 0. The standard InChI is InChI=1S/C6H9BrN2O/c1-9-4-5(7)6(8-9)2-3-10/h4,10H,2-3H2,1H3. The van der Waals surface area contributed by atoms with Gasteiger partial charge >= 0.3 is 0 Å². The summed E-state index contributed by atoms with van der Waals surface area (Å²) in [5.41, 5.74) is 0.907. The van der Waals surface area contributed by atoms with Gasteiger partial charge in [0.2, 0.25) is 0 Å². The molecule has 10 heavy (non-hydrogen) atoms. The maximum absolute atomic E-state index is 8.58. The second-order valence-electron chi connectivity index (χ2n) is 2.07. The average molecular weight is 205 g/mol. The van der Waals surface area contributed by atoms with Gasteiger partial charge in [-0.15, -0.1) is 0 Å². The Morgan fingerprint density at radius 1 is 1.80 bits per heavy atom. The maximum Gasteiger partial charge on any atom is 0.0789 e. The molecule has 1 aromatic heterocycles. The molecule has 1 heterocycles. The van der Waals surface area contributed by atoms with E-state index in [9.17, 15) is 0 Å². The van der Waals surface area contributed by atoms with E-state index in [0.29, 0.717) is 6.42 Å². The van der Waals surface area contributed by atoms with Gasteiger partial charge in [0.25, 0.3) is 0 Å². The van der Waals surface area contributed by atoms with Crippen molar-refractivity contribution in [3.8, 4) is 0 Å². The van der Waals surface area contributed by atoms with Gasteiger partial charge in [0, 0.05) is 26.3 Å². The molecule has 4 heteroatoms. The summed E-state index contributed by atoms with van der Waals surface area (Å²) in [5, 5.41) is 12.7. The quantitative estimate of drug-likeness (QED) is 0.772. The third-order valence-corrected chi connectivity index (χ3v) is 1.87. The Hall–Kier alpha value is -0.350. The monoisotopic (exact) mass is 204 g/mol. The minimum absolute atomic E-state index is 0.148. The Balaban J connectivity index is 2.81. The molecule has 0 aliphatic heterocycles. The lowest BCUT2D eigenvalue weighted by atomic mass is 10.3. The first-order valence-electron chi connectivity index (χ1n) is 3.03. The third-order valence-electron chi connectivity index (χ3n) is 1.20. The first-order valence-corrected chi connectivity index (χ1v) is 3.82. The van der Waals surface area contributed by atoms with E-state index >= 15 is 0 Å². The van der Waals surface area contributed by atoms with E-state index in [4.69, 9.17) is 5.11 Å². The molecule has 0 aliphatic carbocycles. The maximum atomic E-state index is 8.58. The van der Waals surface area contributed by atoms with Crippen molar-refractivity contribution in [2.75, 3.05) is 6.61 Å². The first-order chi connectivity index (χ1) is 4.74. The van der Waals surface area contributed by atoms with Crippen LogP contribution in [0.3, 0.4) is 0 Å². The molecule has 0 radical (unpaired) electrons. The topological polar surface area (TPSA) is 38.0 Å². The Kier molecular flexibility index (Phi) is 2.45. The number of aliphatic hydroxyl groups is 1. The van der Waals surface area contributed by atoms with E-state index < -0.39 is 0 Å². The largest absolute Gasteiger partial charge is 0.396 e. The fourth-order valence-corrected chi connectivity index (χ4v) is 1.35. The van der Waals surface area contributed by atoms with Crippen molar-refractivity contribution in [1.82, 2.24) is 9.78 Å². The number of hydrogen-bond acceptors (Lipinski definition) is 2. The molecule has 1 N–H and O–H groups in total. The highest BCUT2D eigenvalue weighted by Gasteiger charge is 2.02. The van der Waals surface area contributed by atoms with E-state index in [-0.39, 0.29) is 6.61 Å². The van der Waals surface area contributed by atoms with Crippen LogP contribution in [0.1, 0.15) is 5.69 Å². The molecule has 0 aromatic carbocycles. The minimum atomic E-state index is 0.148. The molecule has 0 spiro atoms. The lowest BCUT2D eigenvalue weighted by Crippen LogP contribution is -1.94. The van der Waals surface area contributed by atoms with Crippen molar-refractivity contribution in [2.24, 2.45) is 7.05 Å². The molecule has 56 valence electrons. The Bertz CT molecular complexity index is 222. The predicted molar refractivity (Wildman–Crippen MR) is 41.7 cm³/mol. The number of aliphatic hydroxyl groups excluding tert-OH is 1. The molecule has 1 aromatic rings. The predicted octanol–water partition coefficient (Wildman–Crippen LogP) is 0.717. The van der Waals surface area contributed by atoms with Gasteiger partial charge in [0.15, 0.2) is 0 Å². The molecule has 0 amide bonds. The molecular weight excluding hydrogens is 196 g/mol. The summed E-state index contributed by atoms with van der Waals surface area (Å²) < 4.78 is 2.68. The average Bonchev–Trinajstić information content (AvgIpc) is 2.13. The second-order valence-corrected chi connectivity index (χ2v) is 2.93. The number of halogens is 1. The summed E-state index contributed by atoms with van der Waals surface area (Å²) in [6.07, 6.45) is 2.48. The van der Waals surface area contributed by atoms with Crippen molar-refractivity contribution in [2.45, 2.75) is 6.42 Å². The van der Waals surface area contributed by atoms with E-state index in [2.05, 4.69) is 21.0 Å². The second kappa shape index (κ2) is 3.16. The Morgan fingerprint density at radius 3 is 2.90 bits per heavy atom. The zero-order chi connectivity index (χ0) is 7.56. The van der Waals surface area contributed by atoms with E-state index in [1.54, 1.807) is 4.68 Å². The minimum Gasteiger partial charge on any atom is -0.396 e. The van der Waals surface area contributed by atoms with Crippen molar-refractivity contribution in [1.29, 1.82) is 0 Å². The lowest BCUT2D eigenvalue weighted by Gasteiger charge is -1.89. The highest BCUT2D eigenvalue weighted by molar-refractivity contribution is 9.10. The molecule has 0 unspecified atom stereocenters. The molecule has 3 nitrogen and oxygen atoms in total. The van der Waals surface area contributed by atoms with Crippen LogP contribution >= 0.6 is 15.9 Å². The molecule has 0 saturated heterocycles. The summed E-state index contributed by atoms with van der Waals surface area (Å²) >= 11 is 3.32. The van der Waals surface area contributed by atoms with E-state index in [1.165, 1.54) is 0 Å². The van der Waals surface area contributed by atoms with Crippen LogP contribution in [0.15, 0.2) is 10.7 Å². The lowest BCUT2D eigenvalue weighted by molar-refractivity contribution is 0.297. The van der Waals surface area contributed by atoms with Gasteiger partial charge in [0.05, 0.1) is 10.2 Å². The van der Waals surface area contributed by atoms with Gasteiger partial charge in [0.1, 0.15) is 0 Å². The van der Waals surface area contributed by atoms with Crippen molar-refractivity contribution >= 4 is 15.9 Å². The van der Waals surface area contributed by atoms with Crippen LogP contribution in [0.2, 0.25) is 0 Å². The zero-order valence-corrected chi connectivity index (χ0v) is 7.30. The van der Waals surface area contributed by atoms with Crippen LogP contribution in [-0.2, 0) is 13.5 Å². The van der Waals surface area contributed by atoms with Gasteiger partial charge in [-0.3, -0.25) is 4.68 Å². The van der Waals surface area contributed by atoms with Crippen molar-refractivity contribution in [3.63, 3.8) is 0 Å². The van der Waals surface area contributed by atoms with Gasteiger partial charge in [-0.05, 0) is 15.9 Å². The van der Waals surface area contributed by atoms with Crippen LogP contribution in [-0.4, -0.2) is 21.5 Å². The van der Waals surface area contributed by atoms with Crippen molar-refractivity contribution < 1.29 is 5.11 Å². The fourth-order valence-electron chi connectivity index (χ4n) is 0.781. The van der Waals surface area contributed by atoms with Gasteiger partial charge in [-0.25, -0.2) is 0 Å². The van der Waals surface area contributed by atoms with Crippen LogP contribution in [0.4, 0.5) is 0 Å². The number of aryl methyl sites for hydroxylation is 1. The molecule has 0 bridgehead atoms. The summed E-state index contributed by atoms with van der Waals surface area (Å²) in [4.78, 5) is 0. The zero-order valence-electron chi connectivity index (χ0n) is 5.71. The molecule has 0 fully saturated rings. The summed E-state index contributed by atoms with van der Waals surface area (Å²) in [6.45, 7) is 0.148. The third kappa shape index (κ3) is 1.58. The number of nitrogens with zero attached hydrogens (tertiary/aromatic N) is 2. The fraction of sp³-hybridized carbons (Fsp3) is 0.500. The van der Waals surface area contributed by atoms with Crippen LogP contribution in [0.5, 0.6) is 0 Å². The van der Waals surface area contributed by atoms with Crippen LogP contribution in [0.25, 0.3) is 0 Å². The van der Waals surface area contributed by atoms with E-state index in [1.807, 2.05) is 13.2 Å². The van der Waals surface area contributed by atoms with E-state index in [0.717, 1.165) is 10.2 Å². The first kappa shape index (κ1) is 7.75. The molecule has 0 saturated carbocycles. The van der Waals surface area contributed by atoms with Crippen LogP contribution < -0.4 is 0 Å². The molecule has 0 atom stereocenters. The van der Waals surface area contributed by atoms with Crippen molar-refractivity contribution in [3.05, 3.63) is 16.4 Å². The highest BCUT2D eigenvalue weighted by Crippen LogP contribution is 2.13. The summed E-state index contributed by atoms with van der Waals surface area (Å²) in [7, 11) is 1.85. The summed E-state index contributed by atoms with van der Waals surface area (Å²) in [6, 6.07) is 0. The SMILES string of the molecule is Cn1cc(Br)c(CCO)n1.